The zero-order chi connectivity index (χ0) is 7.56. The van der Waals surface area contributed by atoms with E-state index in [2.05, 4.69) is 20.9 Å². The van der Waals surface area contributed by atoms with Crippen LogP contribution in [0.25, 0.3) is 0 Å². The lowest BCUT2D eigenvalue weighted by molar-refractivity contribution is 0.467. The average molecular weight is 222 g/mol. The molecule has 1 aromatic rings. The lowest BCUT2D eigenvalue weighted by Crippen LogP contribution is -1.84. The third kappa shape index (κ3) is 1.61. The number of alkyl halides is 1. The van der Waals surface area contributed by atoms with E-state index in [9.17, 15) is 0 Å². The maximum Gasteiger partial charge on any atom is 0.138 e. The fraction of sp³-hybridized carbons (Fsp3) is 0.167. The Morgan fingerprint density at radius 1 is 1.60 bits per heavy atom. The second-order valence-corrected chi connectivity index (χ2v) is 2.68. The highest BCUT2D eigenvalue weighted by atomic mass is 79.9. The molecule has 0 aliphatic carbocycles. The lowest BCUT2D eigenvalue weighted by atomic mass is 10.3. The van der Waals surface area contributed by atoms with E-state index in [4.69, 9.17) is 16.7 Å². The number of aromatic nitrogens is 1. The van der Waals surface area contributed by atoms with Crippen LogP contribution in [0.5, 0.6) is 5.75 Å². The van der Waals surface area contributed by atoms with Gasteiger partial charge in [0.1, 0.15) is 10.9 Å². The molecule has 2 nitrogen and oxygen atoms in total. The van der Waals surface area contributed by atoms with Crippen molar-refractivity contribution in [3.05, 3.63) is 23.0 Å². The summed E-state index contributed by atoms with van der Waals surface area (Å²) >= 11 is 8.71. The summed E-state index contributed by atoms with van der Waals surface area (Å²) in [7, 11) is 0. The van der Waals surface area contributed by atoms with Gasteiger partial charge in [0.2, 0.25) is 0 Å². The van der Waals surface area contributed by atoms with Gasteiger partial charge in [-0.2, -0.15) is 0 Å². The summed E-state index contributed by atoms with van der Waals surface area (Å²) in [6, 6.07) is 3.06. The first-order chi connectivity index (χ1) is 4.74. The van der Waals surface area contributed by atoms with Crippen LogP contribution in [-0.2, 0) is 5.33 Å². The van der Waals surface area contributed by atoms with Crippen LogP contribution in [-0.4, -0.2) is 10.1 Å². The van der Waals surface area contributed by atoms with Crippen molar-refractivity contribution in [2.75, 3.05) is 0 Å². The second-order valence-electron chi connectivity index (χ2n) is 1.73. The zero-order valence-corrected chi connectivity index (χ0v) is 7.35. The molecule has 0 bridgehead atoms. The molecular formula is C6H5BrClNO. The summed E-state index contributed by atoms with van der Waals surface area (Å²) in [5, 5.41) is 9.99. The summed E-state index contributed by atoms with van der Waals surface area (Å²) in [6.45, 7) is 0. The number of nitrogens with zero attached hydrogens (tertiary/aromatic N) is 1. The molecule has 4 heteroatoms. The van der Waals surface area contributed by atoms with Gasteiger partial charge in [-0.3, -0.25) is 0 Å². The van der Waals surface area contributed by atoms with Crippen LogP contribution in [0.3, 0.4) is 0 Å². The van der Waals surface area contributed by atoms with Crippen LogP contribution in [0.15, 0.2) is 12.1 Å². The number of halogens is 2. The summed E-state index contributed by atoms with van der Waals surface area (Å²) < 4.78 is 0. The highest BCUT2D eigenvalue weighted by Crippen LogP contribution is 2.19. The van der Waals surface area contributed by atoms with E-state index in [1.807, 2.05) is 0 Å². The minimum absolute atomic E-state index is 0.168. The molecule has 0 atom stereocenters. The van der Waals surface area contributed by atoms with Gasteiger partial charge in [0.15, 0.2) is 0 Å². The fourth-order valence-electron chi connectivity index (χ4n) is 0.566. The summed E-state index contributed by atoms with van der Waals surface area (Å²) in [5.74, 6) is 0.168. The highest BCUT2D eigenvalue weighted by Gasteiger charge is 2.00. The standard InChI is InChI=1S/C6H5BrClNO/c7-3-4-5(10)1-2-6(8)9-4/h1-2,10H,3H2. The van der Waals surface area contributed by atoms with Crippen LogP contribution < -0.4 is 0 Å². The van der Waals surface area contributed by atoms with E-state index in [1.165, 1.54) is 6.07 Å². The van der Waals surface area contributed by atoms with Crippen LogP contribution in [0.2, 0.25) is 5.15 Å². The molecule has 0 saturated carbocycles. The quantitative estimate of drug-likeness (QED) is 0.584. The number of hydrogen-bond acceptors (Lipinski definition) is 2. The number of aromatic hydroxyl groups is 1. The van der Waals surface area contributed by atoms with Gasteiger partial charge >= 0.3 is 0 Å². The molecule has 0 spiro atoms. The summed E-state index contributed by atoms with van der Waals surface area (Å²) in [4.78, 5) is 3.86. The van der Waals surface area contributed by atoms with E-state index in [0.29, 0.717) is 16.2 Å². The topological polar surface area (TPSA) is 33.1 Å². The van der Waals surface area contributed by atoms with Crippen molar-refractivity contribution < 1.29 is 5.11 Å². The van der Waals surface area contributed by atoms with Gasteiger partial charge in [-0.25, -0.2) is 4.98 Å². The maximum absolute atomic E-state index is 9.08. The highest BCUT2D eigenvalue weighted by molar-refractivity contribution is 9.08. The fourth-order valence-corrected chi connectivity index (χ4v) is 1.14. The second kappa shape index (κ2) is 3.21. The first-order valence-electron chi connectivity index (χ1n) is 2.64. The van der Waals surface area contributed by atoms with Gasteiger partial charge in [-0.1, -0.05) is 27.5 Å². The minimum atomic E-state index is 0.168. The molecule has 1 aromatic heterocycles. The lowest BCUT2D eigenvalue weighted by Gasteiger charge is -1.97. The molecule has 10 heavy (non-hydrogen) atoms. The molecule has 0 aliphatic rings. The normalized spacial score (nSPS) is 9.80. The van der Waals surface area contributed by atoms with Crippen molar-refractivity contribution in [3.8, 4) is 5.75 Å². The van der Waals surface area contributed by atoms with E-state index in [0.717, 1.165) is 0 Å². The molecule has 0 unspecified atom stereocenters. The van der Waals surface area contributed by atoms with Gasteiger partial charge in [0.05, 0.1) is 5.69 Å². The Balaban J connectivity index is 3.09. The SMILES string of the molecule is Oc1ccc(Cl)nc1CBr. The molecule has 0 amide bonds. The number of pyridine rings is 1. The molecule has 0 aliphatic heterocycles. The van der Waals surface area contributed by atoms with E-state index in [-0.39, 0.29) is 5.75 Å². The Morgan fingerprint density at radius 3 is 2.80 bits per heavy atom. The Morgan fingerprint density at radius 2 is 2.30 bits per heavy atom. The van der Waals surface area contributed by atoms with E-state index < -0.39 is 0 Å². The molecule has 1 N–H and O–H groups in total. The average Bonchev–Trinajstić information content (AvgIpc) is 1.94. The third-order valence-corrected chi connectivity index (χ3v) is 1.78. The molecule has 1 rings (SSSR count). The van der Waals surface area contributed by atoms with Gasteiger partial charge in [0.25, 0.3) is 0 Å². The first kappa shape index (κ1) is 7.82. The van der Waals surface area contributed by atoms with E-state index >= 15 is 0 Å². The molecule has 0 radical (unpaired) electrons. The predicted octanol–water partition coefficient (Wildman–Crippen LogP) is 2.34. The first-order valence-corrected chi connectivity index (χ1v) is 4.14. The molecular weight excluding hydrogens is 217 g/mol. The van der Waals surface area contributed by atoms with Crippen LogP contribution in [0, 0.1) is 0 Å². The zero-order valence-electron chi connectivity index (χ0n) is 5.01. The van der Waals surface area contributed by atoms with Gasteiger partial charge < -0.3 is 5.11 Å². The maximum atomic E-state index is 9.08. The van der Waals surface area contributed by atoms with Gasteiger partial charge in [-0.15, -0.1) is 0 Å². The van der Waals surface area contributed by atoms with Crippen LogP contribution in [0.1, 0.15) is 5.69 Å². The Kier molecular flexibility index (Phi) is 2.51. The van der Waals surface area contributed by atoms with Crippen molar-refractivity contribution in [1.29, 1.82) is 0 Å². The monoisotopic (exact) mass is 221 g/mol. The number of rotatable bonds is 1. The Hall–Kier alpha value is -0.280. The van der Waals surface area contributed by atoms with Crippen molar-refractivity contribution >= 4 is 27.5 Å². The number of hydrogen-bond donors (Lipinski definition) is 1. The molecule has 54 valence electrons. The van der Waals surface area contributed by atoms with Crippen molar-refractivity contribution in [2.24, 2.45) is 0 Å². The Labute approximate surface area is 72.0 Å². The largest absolute Gasteiger partial charge is 0.506 e. The van der Waals surface area contributed by atoms with Crippen molar-refractivity contribution in [3.63, 3.8) is 0 Å². The minimum Gasteiger partial charge on any atom is -0.506 e. The van der Waals surface area contributed by atoms with Crippen molar-refractivity contribution in [1.82, 2.24) is 4.98 Å². The Bertz CT molecular complexity index is 241. The van der Waals surface area contributed by atoms with Crippen molar-refractivity contribution in [2.45, 2.75) is 5.33 Å². The third-order valence-electron chi connectivity index (χ3n) is 1.04. The molecule has 0 saturated heterocycles. The molecule has 0 fully saturated rings. The summed E-state index contributed by atoms with van der Waals surface area (Å²) in [5.41, 5.74) is 0.563. The predicted molar refractivity (Wildman–Crippen MR) is 43.5 cm³/mol. The molecule has 1 heterocycles. The summed E-state index contributed by atoms with van der Waals surface area (Å²) in [6.07, 6.45) is 0. The van der Waals surface area contributed by atoms with E-state index in [1.54, 1.807) is 6.07 Å². The smallest absolute Gasteiger partial charge is 0.138 e. The van der Waals surface area contributed by atoms with Gasteiger partial charge in [-0.05, 0) is 12.1 Å². The van der Waals surface area contributed by atoms with Crippen LogP contribution >= 0.6 is 27.5 Å². The van der Waals surface area contributed by atoms with Gasteiger partial charge in [0, 0.05) is 5.33 Å². The van der Waals surface area contributed by atoms with Crippen LogP contribution in [0.4, 0.5) is 0 Å². The molecule has 0 aromatic carbocycles.